The Morgan fingerprint density at radius 2 is 2.18 bits per heavy atom. The second-order valence-electron chi connectivity index (χ2n) is 5.38. The summed E-state index contributed by atoms with van der Waals surface area (Å²) in [4.78, 5) is 10.1. The molecule has 0 bridgehead atoms. The minimum Gasteiger partial charge on any atom is -0.375 e. The molecule has 6 nitrogen and oxygen atoms in total. The molecule has 3 heterocycles. The average Bonchev–Trinajstić information content (AvgIpc) is 2.93. The number of hydrogen-bond donors (Lipinski definition) is 1. The van der Waals surface area contributed by atoms with E-state index < -0.39 is 0 Å². The van der Waals surface area contributed by atoms with Crippen molar-refractivity contribution in [3.05, 3.63) is 29.4 Å². The first-order valence-corrected chi connectivity index (χ1v) is 7.97. The monoisotopic (exact) mass is 340 g/mol. The number of rotatable bonds is 4. The van der Waals surface area contributed by atoms with Crippen LogP contribution in [0.1, 0.15) is 17.7 Å². The van der Waals surface area contributed by atoms with Crippen molar-refractivity contribution >= 4 is 34.7 Å². The van der Waals surface area contributed by atoms with Crippen molar-refractivity contribution in [2.24, 2.45) is 0 Å². The second kappa shape index (κ2) is 7.71. The molecule has 120 valence electrons. The molecule has 1 aliphatic heterocycles. The van der Waals surface area contributed by atoms with Crippen LogP contribution in [0.2, 0.25) is 0 Å². The molecule has 0 spiro atoms. The lowest BCUT2D eigenvalue weighted by Gasteiger charge is -2.36. The van der Waals surface area contributed by atoms with Gasteiger partial charge in [0, 0.05) is 42.9 Å². The van der Waals surface area contributed by atoms with Gasteiger partial charge in [0.15, 0.2) is 10.9 Å². The standard InChI is InChI=1S/C14H20N6S.ClH/c1-19(10-12-9-16-14(15)21-12)11-4-7-20(8-5-11)13-3-2-6-17-18-13;/h2-3,6,9,11H,4-5,7-8,10H2,1H3,(H2,15,16);1H. The van der Waals surface area contributed by atoms with E-state index in [1.165, 1.54) is 4.88 Å². The fourth-order valence-corrected chi connectivity index (χ4v) is 3.52. The van der Waals surface area contributed by atoms with Gasteiger partial charge in [-0.2, -0.15) is 5.10 Å². The minimum atomic E-state index is 0. The summed E-state index contributed by atoms with van der Waals surface area (Å²) in [6, 6.07) is 4.56. The molecule has 0 aliphatic carbocycles. The Morgan fingerprint density at radius 1 is 1.41 bits per heavy atom. The first-order chi connectivity index (χ1) is 10.2. The molecule has 0 radical (unpaired) electrons. The zero-order valence-corrected chi connectivity index (χ0v) is 14.2. The van der Waals surface area contributed by atoms with Gasteiger partial charge in [-0.3, -0.25) is 4.90 Å². The molecule has 1 saturated heterocycles. The zero-order chi connectivity index (χ0) is 14.7. The van der Waals surface area contributed by atoms with Crippen molar-refractivity contribution < 1.29 is 0 Å². The molecular formula is C14H21ClN6S. The molecular weight excluding hydrogens is 320 g/mol. The quantitative estimate of drug-likeness (QED) is 0.918. The zero-order valence-electron chi connectivity index (χ0n) is 12.6. The van der Waals surface area contributed by atoms with Gasteiger partial charge in [0.2, 0.25) is 0 Å². The molecule has 0 unspecified atom stereocenters. The molecule has 1 aliphatic rings. The van der Waals surface area contributed by atoms with Gasteiger partial charge in [0.25, 0.3) is 0 Å². The highest BCUT2D eigenvalue weighted by Gasteiger charge is 2.23. The van der Waals surface area contributed by atoms with Crippen LogP contribution in [-0.2, 0) is 6.54 Å². The van der Waals surface area contributed by atoms with Crippen LogP contribution < -0.4 is 10.6 Å². The predicted octanol–water partition coefficient (Wildman–Crippen LogP) is 2.04. The number of thiazole rings is 1. The lowest BCUT2D eigenvalue weighted by Crippen LogP contribution is -2.43. The highest BCUT2D eigenvalue weighted by atomic mass is 35.5. The fourth-order valence-electron chi connectivity index (χ4n) is 2.77. The highest BCUT2D eigenvalue weighted by molar-refractivity contribution is 7.15. The van der Waals surface area contributed by atoms with Gasteiger partial charge in [-0.25, -0.2) is 4.98 Å². The van der Waals surface area contributed by atoms with Crippen molar-refractivity contribution in [3.8, 4) is 0 Å². The normalized spacial score (nSPS) is 15.8. The number of halogens is 1. The van der Waals surface area contributed by atoms with E-state index >= 15 is 0 Å². The van der Waals surface area contributed by atoms with E-state index in [0.29, 0.717) is 11.2 Å². The van der Waals surface area contributed by atoms with Crippen molar-refractivity contribution in [2.45, 2.75) is 25.4 Å². The summed E-state index contributed by atoms with van der Waals surface area (Å²) < 4.78 is 0. The Kier molecular flexibility index (Phi) is 5.93. The SMILES string of the molecule is CN(Cc1cnc(N)s1)C1CCN(c2cccnn2)CC1.Cl. The summed E-state index contributed by atoms with van der Waals surface area (Å²) in [5, 5.41) is 8.79. The topological polar surface area (TPSA) is 71.2 Å². The van der Waals surface area contributed by atoms with Crippen LogP contribution in [0, 0.1) is 0 Å². The van der Waals surface area contributed by atoms with Crippen molar-refractivity contribution in [1.29, 1.82) is 0 Å². The minimum absolute atomic E-state index is 0. The summed E-state index contributed by atoms with van der Waals surface area (Å²) >= 11 is 1.57. The first kappa shape index (κ1) is 16.9. The molecule has 2 aromatic heterocycles. The summed E-state index contributed by atoms with van der Waals surface area (Å²) in [6.07, 6.45) is 5.87. The summed E-state index contributed by atoms with van der Waals surface area (Å²) in [5.74, 6) is 0.980. The second-order valence-corrected chi connectivity index (χ2v) is 6.53. The first-order valence-electron chi connectivity index (χ1n) is 7.15. The molecule has 0 amide bonds. The molecule has 8 heteroatoms. The van der Waals surface area contributed by atoms with Gasteiger partial charge < -0.3 is 10.6 Å². The van der Waals surface area contributed by atoms with Crippen molar-refractivity contribution in [1.82, 2.24) is 20.1 Å². The van der Waals surface area contributed by atoms with Gasteiger partial charge in [-0.15, -0.1) is 28.8 Å². The summed E-state index contributed by atoms with van der Waals surface area (Å²) in [5.41, 5.74) is 5.68. The Hall–Kier alpha value is -1.44. The number of nitrogen functional groups attached to an aromatic ring is 1. The molecule has 0 atom stereocenters. The van der Waals surface area contributed by atoms with E-state index in [1.807, 2.05) is 18.3 Å². The number of anilines is 2. The van der Waals surface area contributed by atoms with Crippen LogP contribution in [0.4, 0.5) is 10.9 Å². The maximum atomic E-state index is 5.68. The van der Waals surface area contributed by atoms with Crippen molar-refractivity contribution in [3.63, 3.8) is 0 Å². The molecule has 2 aromatic rings. The van der Waals surface area contributed by atoms with Gasteiger partial charge >= 0.3 is 0 Å². The third-order valence-corrected chi connectivity index (χ3v) is 4.76. The van der Waals surface area contributed by atoms with Crippen LogP contribution in [-0.4, -0.2) is 46.3 Å². The Balaban J connectivity index is 0.00000176. The van der Waals surface area contributed by atoms with E-state index in [-0.39, 0.29) is 12.4 Å². The number of hydrogen-bond acceptors (Lipinski definition) is 7. The van der Waals surface area contributed by atoms with Crippen LogP contribution in [0.15, 0.2) is 24.5 Å². The lowest BCUT2D eigenvalue weighted by atomic mass is 10.0. The van der Waals surface area contributed by atoms with Crippen molar-refractivity contribution in [2.75, 3.05) is 30.8 Å². The molecule has 1 fully saturated rings. The summed E-state index contributed by atoms with van der Waals surface area (Å²) in [7, 11) is 2.18. The van der Waals surface area contributed by atoms with E-state index in [0.717, 1.165) is 38.3 Å². The fraction of sp³-hybridized carbons (Fsp3) is 0.500. The molecule has 2 N–H and O–H groups in total. The third-order valence-electron chi connectivity index (χ3n) is 3.95. The van der Waals surface area contributed by atoms with E-state index in [2.05, 4.69) is 32.0 Å². The van der Waals surface area contributed by atoms with E-state index in [1.54, 1.807) is 17.5 Å². The predicted molar refractivity (Wildman–Crippen MR) is 92.5 cm³/mol. The maximum absolute atomic E-state index is 5.68. The lowest BCUT2D eigenvalue weighted by molar-refractivity contribution is 0.201. The van der Waals surface area contributed by atoms with Crippen LogP contribution in [0.25, 0.3) is 0 Å². The number of nitrogens with zero attached hydrogens (tertiary/aromatic N) is 5. The number of piperidine rings is 1. The van der Waals surface area contributed by atoms with Crippen LogP contribution in [0.3, 0.4) is 0 Å². The third kappa shape index (κ3) is 4.06. The Bertz CT molecular complexity index is 570. The molecule has 0 aromatic carbocycles. The van der Waals surface area contributed by atoms with Gasteiger partial charge in [-0.1, -0.05) is 0 Å². The molecule has 22 heavy (non-hydrogen) atoms. The maximum Gasteiger partial charge on any atom is 0.180 e. The van der Waals surface area contributed by atoms with Gasteiger partial charge in [0.05, 0.1) is 0 Å². The van der Waals surface area contributed by atoms with E-state index in [4.69, 9.17) is 5.73 Å². The van der Waals surface area contributed by atoms with Crippen LogP contribution in [0.5, 0.6) is 0 Å². The molecule has 0 saturated carbocycles. The number of aromatic nitrogens is 3. The Labute approximate surface area is 140 Å². The van der Waals surface area contributed by atoms with E-state index in [9.17, 15) is 0 Å². The molecule has 3 rings (SSSR count). The smallest absolute Gasteiger partial charge is 0.180 e. The van der Waals surface area contributed by atoms with Gasteiger partial charge in [-0.05, 0) is 32.0 Å². The largest absolute Gasteiger partial charge is 0.375 e. The van der Waals surface area contributed by atoms with Gasteiger partial charge in [0.1, 0.15) is 0 Å². The number of nitrogens with two attached hydrogens (primary N) is 1. The Morgan fingerprint density at radius 3 is 2.77 bits per heavy atom. The average molecular weight is 341 g/mol. The highest BCUT2D eigenvalue weighted by Crippen LogP contribution is 2.22. The summed E-state index contributed by atoms with van der Waals surface area (Å²) in [6.45, 7) is 2.97. The van der Waals surface area contributed by atoms with Crippen LogP contribution >= 0.6 is 23.7 Å².